The molecule has 0 spiro atoms. The van der Waals surface area contributed by atoms with Crippen LogP contribution in [0.25, 0.3) is 0 Å². The third-order valence-corrected chi connectivity index (χ3v) is 6.31. The van der Waals surface area contributed by atoms with E-state index in [1.165, 1.54) is 0 Å². The first-order valence-corrected chi connectivity index (χ1v) is 10.2. The molecule has 156 valence electrons. The van der Waals surface area contributed by atoms with Crippen molar-refractivity contribution in [1.82, 2.24) is 20.9 Å². The molecule has 0 bridgehead atoms. The van der Waals surface area contributed by atoms with E-state index in [9.17, 15) is 14.4 Å². The Morgan fingerprint density at radius 2 is 2.03 bits per heavy atom. The first-order valence-electron chi connectivity index (χ1n) is 10.2. The highest BCUT2D eigenvalue weighted by Crippen LogP contribution is 2.30. The highest BCUT2D eigenvalue weighted by Gasteiger charge is 2.40. The highest BCUT2D eigenvalue weighted by molar-refractivity contribution is 6.05. The summed E-state index contributed by atoms with van der Waals surface area (Å²) in [7, 11) is 1.72. The molecular formula is C21H28N4O4. The van der Waals surface area contributed by atoms with Gasteiger partial charge in [0.2, 0.25) is 11.8 Å². The Labute approximate surface area is 170 Å². The van der Waals surface area contributed by atoms with Crippen LogP contribution in [-0.4, -0.2) is 61.0 Å². The number of nitrogens with one attached hydrogen (secondary N) is 3. The fraction of sp³-hybridized carbons (Fsp3) is 0.571. The van der Waals surface area contributed by atoms with Crippen LogP contribution in [0.15, 0.2) is 18.2 Å². The van der Waals surface area contributed by atoms with Gasteiger partial charge in [0.1, 0.15) is 6.04 Å². The highest BCUT2D eigenvalue weighted by atomic mass is 16.5. The number of piperidine rings is 2. The maximum Gasteiger partial charge on any atom is 0.255 e. The molecular weight excluding hydrogens is 372 g/mol. The predicted octanol–water partition coefficient (Wildman–Crippen LogP) is 0.306. The SMILES string of the molecule is COCC1(NCc2cccc3c2CN(C2CCC(=O)NC2=O)C3=O)CCNCC1. The first kappa shape index (κ1) is 20.0. The van der Waals surface area contributed by atoms with Crippen LogP contribution in [0.3, 0.4) is 0 Å². The number of benzene rings is 1. The smallest absolute Gasteiger partial charge is 0.255 e. The van der Waals surface area contributed by atoms with Gasteiger partial charge in [0, 0.05) is 37.7 Å². The molecule has 29 heavy (non-hydrogen) atoms. The van der Waals surface area contributed by atoms with Gasteiger partial charge in [-0.1, -0.05) is 12.1 Å². The van der Waals surface area contributed by atoms with Crippen molar-refractivity contribution in [1.29, 1.82) is 0 Å². The van der Waals surface area contributed by atoms with Gasteiger partial charge in [-0.05, 0) is 49.5 Å². The lowest BCUT2D eigenvalue weighted by atomic mass is 9.88. The second kappa shape index (κ2) is 8.22. The Hall–Kier alpha value is -2.29. The van der Waals surface area contributed by atoms with Crippen LogP contribution < -0.4 is 16.0 Å². The van der Waals surface area contributed by atoms with E-state index in [-0.39, 0.29) is 29.7 Å². The Morgan fingerprint density at radius 1 is 1.24 bits per heavy atom. The second-order valence-corrected chi connectivity index (χ2v) is 8.16. The van der Waals surface area contributed by atoms with Gasteiger partial charge in [0.15, 0.2) is 0 Å². The number of hydrogen-bond donors (Lipinski definition) is 3. The molecule has 3 aliphatic rings. The van der Waals surface area contributed by atoms with Crippen molar-refractivity contribution in [3.8, 4) is 0 Å². The maximum atomic E-state index is 13.0. The number of methoxy groups -OCH3 is 1. The first-order chi connectivity index (χ1) is 14.0. The quantitative estimate of drug-likeness (QED) is 0.594. The number of hydrogen-bond acceptors (Lipinski definition) is 6. The third-order valence-electron chi connectivity index (χ3n) is 6.31. The van der Waals surface area contributed by atoms with E-state index in [1.807, 2.05) is 18.2 Å². The molecule has 3 heterocycles. The van der Waals surface area contributed by atoms with E-state index < -0.39 is 6.04 Å². The summed E-state index contributed by atoms with van der Waals surface area (Å²) in [5.74, 6) is -0.786. The minimum Gasteiger partial charge on any atom is -0.383 e. The van der Waals surface area contributed by atoms with Crippen LogP contribution in [0.4, 0.5) is 0 Å². The molecule has 8 nitrogen and oxygen atoms in total. The lowest BCUT2D eigenvalue weighted by Gasteiger charge is -2.38. The molecule has 8 heteroatoms. The standard InChI is InChI=1S/C21H28N4O4/c1-29-13-21(7-9-22-10-8-21)23-11-14-3-2-4-15-16(14)12-25(20(15)28)17-5-6-18(26)24-19(17)27/h2-4,17,22-23H,5-13H2,1H3,(H,24,26,27). The van der Waals surface area contributed by atoms with Gasteiger partial charge in [-0.3, -0.25) is 19.7 Å². The molecule has 2 fully saturated rings. The van der Waals surface area contributed by atoms with Crippen molar-refractivity contribution in [2.45, 2.75) is 50.4 Å². The third kappa shape index (κ3) is 3.92. The molecule has 0 aliphatic carbocycles. The largest absolute Gasteiger partial charge is 0.383 e. The van der Waals surface area contributed by atoms with Crippen LogP contribution >= 0.6 is 0 Å². The molecule has 4 rings (SSSR count). The van der Waals surface area contributed by atoms with Gasteiger partial charge in [-0.15, -0.1) is 0 Å². The average Bonchev–Trinajstić information content (AvgIpc) is 3.05. The van der Waals surface area contributed by atoms with Crippen molar-refractivity contribution < 1.29 is 19.1 Å². The fourth-order valence-electron chi connectivity index (χ4n) is 4.65. The normalized spacial score (nSPS) is 23.8. The summed E-state index contributed by atoms with van der Waals surface area (Å²) in [5, 5.41) is 9.42. The summed E-state index contributed by atoms with van der Waals surface area (Å²) in [6, 6.07) is 5.17. The van der Waals surface area contributed by atoms with Gasteiger partial charge >= 0.3 is 0 Å². The number of fused-ring (bicyclic) bond motifs is 1. The lowest BCUT2D eigenvalue weighted by Crippen LogP contribution is -2.55. The van der Waals surface area contributed by atoms with Crippen LogP contribution in [0.1, 0.15) is 47.2 Å². The number of amides is 3. The van der Waals surface area contributed by atoms with Crippen LogP contribution in [-0.2, 0) is 27.4 Å². The molecule has 2 saturated heterocycles. The molecule has 0 aromatic heterocycles. The maximum absolute atomic E-state index is 13.0. The second-order valence-electron chi connectivity index (χ2n) is 8.16. The van der Waals surface area contributed by atoms with Crippen molar-refractivity contribution in [3.05, 3.63) is 34.9 Å². The molecule has 1 aromatic rings. The number of nitrogens with zero attached hydrogens (tertiary/aromatic N) is 1. The molecule has 3 amide bonds. The molecule has 3 aliphatic heterocycles. The minimum atomic E-state index is -0.585. The molecule has 3 N–H and O–H groups in total. The monoisotopic (exact) mass is 400 g/mol. The minimum absolute atomic E-state index is 0.0748. The number of rotatable bonds is 6. The van der Waals surface area contributed by atoms with Gasteiger partial charge in [-0.25, -0.2) is 0 Å². The van der Waals surface area contributed by atoms with Crippen molar-refractivity contribution in [2.24, 2.45) is 0 Å². The van der Waals surface area contributed by atoms with Crippen molar-refractivity contribution in [2.75, 3.05) is 26.8 Å². The molecule has 1 aromatic carbocycles. The molecule has 1 atom stereocenters. The number of carbonyl (C=O) groups is 3. The van der Waals surface area contributed by atoms with E-state index in [4.69, 9.17) is 4.74 Å². The summed E-state index contributed by atoms with van der Waals surface area (Å²) in [4.78, 5) is 38.3. The topological polar surface area (TPSA) is 99.8 Å². The van der Waals surface area contributed by atoms with Crippen LogP contribution in [0.2, 0.25) is 0 Å². The zero-order valence-electron chi connectivity index (χ0n) is 16.8. The molecule has 1 unspecified atom stereocenters. The average molecular weight is 400 g/mol. The van der Waals surface area contributed by atoms with Gasteiger partial charge in [0.25, 0.3) is 5.91 Å². The number of imide groups is 1. The summed E-state index contributed by atoms with van der Waals surface area (Å²) in [6.07, 6.45) is 2.61. The molecule has 0 radical (unpaired) electrons. The summed E-state index contributed by atoms with van der Waals surface area (Å²) in [5.41, 5.74) is 2.62. The lowest BCUT2D eigenvalue weighted by molar-refractivity contribution is -0.136. The van der Waals surface area contributed by atoms with Gasteiger partial charge in [0.05, 0.1) is 6.61 Å². The van der Waals surface area contributed by atoms with Gasteiger partial charge < -0.3 is 20.3 Å². The van der Waals surface area contributed by atoms with E-state index >= 15 is 0 Å². The van der Waals surface area contributed by atoms with Crippen molar-refractivity contribution in [3.63, 3.8) is 0 Å². The fourth-order valence-corrected chi connectivity index (χ4v) is 4.65. The van der Waals surface area contributed by atoms with E-state index in [1.54, 1.807) is 12.0 Å². The van der Waals surface area contributed by atoms with Crippen LogP contribution in [0.5, 0.6) is 0 Å². The zero-order valence-corrected chi connectivity index (χ0v) is 16.8. The Bertz CT molecular complexity index is 813. The Morgan fingerprint density at radius 3 is 2.76 bits per heavy atom. The summed E-state index contributed by atoms with van der Waals surface area (Å²) >= 11 is 0. The van der Waals surface area contributed by atoms with Crippen molar-refractivity contribution >= 4 is 17.7 Å². The van der Waals surface area contributed by atoms with E-state index in [2.05, 4.69) is 16.0 Å². The number of ether oxygens (including phenoxy) is 1. The van der Waals surface area contributed by atoms with Gasteiger partial charge in [-0.2, -0.15) is 0 Å². The predicted molar refractivity (Wildman–Crippen MR) is 106 cm³/mol. The van der Waals surface area contributed by atoms with E-state index in [0.717, 1.165) is 37.1 Å². The summed E-state index contributed by atoms with van der Waals surface area (Å²) < 4.78 is 5.48. The van der Waals surface area contributed by atoms with E-state index in [0.29, 0.717) is 31.7 Å². The number of carbonyl (C=O) groups excluding carboxylic acids is 3. The Balaban J connectivity index is 1.51. The zero-order chi connectivity index (χ0) is 20.4. The summed E-state index contributed by atoms with van der Waals surface area (Å²) in [6.45, 7) is 3.58. The van der Waals surface area contributed by atoms with Crippen LogP contribution in [0, 0.1) is 0 Å². The molecule has 0 saturated carbocycles. The Kier molecular flexibility index (Phi) is 5.67.